The Bertz CT molecular complexity index is 693. The van der Waals surface area contributed by atoms with Crippen molar-refractivity contribution in [3.8, 4) is 6.07 Å². The van der Waals surface area contributed by atoms with E-state index in [1.807, 2.05) is 30.3 Å². The zero-order valence-electron chi connectivity index (χ0n) is 12.2. The van der Waals surface area contributed by atoms with E-state index in [4.69, 9.17) is 5.26 Å². The number of amides is 1. The number of carbonyl (C=O) groups excluding carboxylic acids is 1. The molecule has 2 aromatic rings. The molecule has 0 saturated carbocycles. The van der Waals surface area contributed by atoms with E-state index in [0.717, 1.165) is 18.8 Å². The second-order valence-electron chi connectivity index (χ2n) is 5.38. The molecule has 0 aromatic heterocycles. The highest BCUT2D eigenvalue weighted by molar-refractivity contribution is 6.04. The number of nitrogens with one attached hydrogen (secondary N) is 1. The molecule has 0 spiro atoms. The number of hydrogen-bond donors (Lipinski definition) is 1. The number of benzene rings is 2. The summed E-state index contributed by atoms with van der Waals surface area (Å²) in [5.74, 6) is -0.168. The Labute approximate surface area is 130 Å². The Kier molecular flexibility index (Phi) is 4.06. The van der Waals surface area contributed by atoms with Gasteiger partial charge in [-0.15, -0.1) is 0 Å². The number of nitrogens with zero attached hydrogens (tertiary/aromatic N) is 2. The van der Waals surface area contributed by atoms with Gasteiger partial charge in [0.1, 0.15) is 0 Å². The minimum Gasteiger partial charge on any atom is -0.372 e. The van der Waals surface area contributed by atoms with Gasteiger partial charge in [-0.3, -0.25) is 4.79 Å². The lowest BCUT2D eigenvalue weighted by Crippen LogP contribution is -2.17. The molecule has 1 amide bonds. The van der Waals surface area contributed by atoms with Gasteiger partial charge in [0.25, 0.3) is 5.91 Å². The van der Waals surface area contributed by atoms with Gasteiger partial charge in [0.15, 0.2) is 0 Å². The van der Waals surface area contributed by atoms with Crippen LogP contribution in [0.2, 0.25) is 0 Å². The second-order valence-corrected chi connectivity index (χ2v) is 5.38. The fourth-order valence-electron chi connectivity index (χ4n) is 2.63. The highest BCUT2D eigenvalue weighted by Crippen LogP contribution is 2.22. The smallest absolute Gasteiger partial charge is 0.255 e. The summed E-state index contributed by atoms with van der Waals surface area (Å²) in [6, 6.07) is 16.6. The normalized spacial score (nSPS) is 13.7. The molecule has 2 aromatic carbocycles. The summed E-state index contributed by atoms with van der Waals surface area (Å²) in [5.41, 5.74) is 3.07. The Balaban J connectivity index is 1.66. The van der Waals surface area contributed by atoms with Crippen molar-refractivity contribution < 1.29 is 4.79 Å². The average molecular weight is 291 g/mol. The van der Waals surface area contributed by atoms with Crippen molar-refractivity contribution in [2.75, 3.05) is 23.3 Å². The second kappa shape index (κ2) is 6.31. The highest BCUT2D eigenvalue weighted by atomic mass is 16.1. The summed E-state index contributed by atoms with van der Waals surface area (Å²) in [7, 11) is 0. The molecule has 1 aliphatic heterocycles. The molecule has 1 N–H and O–H groups in total. The van der Waals surface area contributed by atoms with Crippen molar-refractivity contribution >= 4 is 17.3 Å². The summed E-state index contributed by atoms with van der Waals surface area (Å²) < 4.78 is 0. The number of rotatable bonds is 3. The van der Waals surface area contributed by atoms with E-state index in [1.54, 1.807) is 24.3 Å². The van der Waals surface area contributed by atoms with Crippen molar-refractivity contribution in [2.45, 2.75) is 12.8 Å². The number of hydrogen-bond acceptors (Lipinski definition) is 3. The van der Waals surface area contributed by atoms with Crippen LogP contribution in [0.3, 0.4) is 0 Å². The maximum absolute atomic E-state index is 12.2. The van der Waals surface area contributed by atoms with E-state index >= 15 is 0 Å². The van der Waals surface area contributed by atoms with Crippen LogP contribution in [-0.4, -0.2) is 19.0 Å². The van der Waals surface area contributed by atoms with Crippen molar-refractivity contribution in [1.29, 1.82) is 5.26 Å². The van der Waals surface area contributed by atoms with Gasteiger partial charge in [-0.2, -0.15) is 5.26 Å². The van der Waals surface area contributed by atoms with Gasteiger partial charge in [-0.25, -0.2) is 0 Å². The Morgan fingerprint density at radius 2 is 1.64 bits per heavy atom. The van der Waals surface area contributed by atoms with Gasteiger partial charge in [0.05, 0.1) is 11.6 Å². The van der Waals surface area contributed by atoms with Crippen LogP contribution in [0.1, 0.15) is 28.8 Å². The lowest BCUT2D eigenvalue weighted by atomic mass is 10.1. The first kappa shape index (κ1) is 14.2. The average Bonchev–Trinajstić information content (AvgIpc) is 3.10. The predicted octanol–water partition coefficient (Wildman–Crippen LogP) is 3.41. The first-order chi connectivity index (χ1) is 10.8. The zero-order valence-corrected chi connectivity index (χ0v) is 12.2. The van der Waals surface area contributed by atoms with Gasteiger partial charge in [-0.1, -0.05) is 0 Å². The van der Waals surface area contributed by atoms with Crippen LogP contribution >= 0.6 is 0 Å². The SMILES string of the molecule is N#Cc1ccc(C(=O)Nc2ccc(N3CCCC3)cc2)cc1. The molecular weight excluding hydrogens is 274 g/mol. The molecule has 0 radical (unpaired) electrons. The molecule has 4 nitrogen and oxygen atoms in total. The van der Waals surface area contributed by atoms with Gasteiger partial charge < -0.3 is 10.2 Å². The molecule has 0 bridgehead atoms. The Morgan fingerprint density at radius 1 is 1.00 bits per heavy atom. The lowest BCUT2D eigenvalue weighted by molar-refractivity contribution is 0.102. The van der Waals surface area contributed by atoms with E-state index in [0.29, 0.717) is 11.1 Å². The maximum atomic E-state index is 12.2. The third kappa shape index (κ3) is 3.09. The van der Waals surface area contributed by atoms with E-state index in [9.17, 15) is 4.79 Å². The third-order valence-electron chi connectivity index (χ3n) is 3.87. The van der Waals surface area contributed by atoms with Crippen LogP contribution < -0.4 is 10.2 Å². The van der Waals surface area contributed by atoms with Crippen molar-refractivity contribution in [3.05, 3.63) is 59.7 Å². The maximum Gasteiger partial charge on any atom is 0.255 e. The molecule has 1 heterocycles. The summed E-state index contributed by atoms with van der Waals surface area (Å²) in [6.45, 7) is 2.22. The first-order valence-corrected chi connectivity index (χ1v) is 7.43. The summed E-state index contributed by atoms with van der Waals surface area (Å²) in [4.78, 5) is 14.5. The Morgan fingerprint density at radius 3 is 2.23 bits per heavy atom. The van der Waals surface area contributed by atoms with Crippen molar-refractivity contribution in [3.63, 3.8) is 0 Å². The monoisotopic (exact) mass is 291 g/mol. The van der Waals surface area contributed by atoms with Crippen LogP contribution in [-0.2, 0) is 0 Å². The molecule has 1 saturated heterocycles. The van der Waals surface area contributed by atoms with Gasteiger partial charge >= 0.3 is 0 Å². The molecular formula is C18H17N3O. The van der Waals surface area contributed by atoms with Gasteiger partial charge in [-0.05, 0) is 61.4 Å². The Hall–Kier alpha value is -2.80. The fraction of sp³-hybridized carbons (Fsp3) is 0.222. The molecule has 1 fully saturated rings. The molecule has 1 aliphatic rings. The summed E-state index contributed by atoms with van der Waals surface area (Å²) in [5, 5.41) is 11.6. The fourth-order valence-corrected chi connectivity index (χ4v) is 2.63. The van der Waals surface area contributed by atoms with Crippen LogP contribution in [0.5, 0.6) is 0 Å². The van der Waals surface area contributed by atoms with Gasteiger partial charge in [0.2, 0.25) is 0 Å². The number of carbonyl (C=O) groups is 1. The van der Waals surface area contributed by atoms with Crippen LogP contribution in [0.4, 0.5) is 11.4 Å². The summed E-state index contributed by atoms with van der Waals surface area (Å²) in [6.07, 6.45) is 2.49. The third-order valence-corrected chi connectivity index (χ3v) is 3.87. The van der Waals surface area contributed by atoms with E-state index in [1.165, 1.54) is 18.5 Å². The standard InChI is InChI=1S/C18H17N3O/c19-13-14-3-5-15(6-4-14)18(22)20-16-7-9-17(10-8-16)21-11-1-2-12-21/h3-10H,1-2,11-12H2,(H,20,22). The van der Waals surface area contributed by atoms with Crippen molar-refractivity contribution in [1.82, 2.24) is 0 Å². The van der Waals surface area contributed by atoms with E-state index in [-0.39, 0.29) is 5.91 Å². The number of anilines is 2. The van der Waals surface area contributed by atoms with Gasteiger partial charge in [0, 0.05) is 30.0 Å². The minimum atomic E-state index is -0.168. The largest absolute Gasteiger partial charge is 0.372 e. The molecule has 110 valence electrons. The van der Waals surface area contributed by atoms with E-state index in [2.05, 4.69) is 10.2 Å². The first-order valence-electron chi connectivity index (χ1n) is 7.43. The molecule has 22 heavy (non-hydrogen) atoms. The highest BCUT2D eigenvalue weighted by Gasteiger charge is 2.12. The predicted molar refractivity (Wildman–Crippen MR) is 87.0 cm³/mol. The zero-order chi connectivity index (χ0) is 15.4. The molecule has 4 heteroatoms. The number of nitriles is 1. The molecule has 0 unspecified atom stereocenters. The van der Waals surface area contributed by atoms with Crippen LogP contribution in [0.15, 0.2) is 48.5 Å². The van der Waals surface area contributed by atoms with Crippen LogP contribution in [0, 0.1) is 11.3 Å². The quantitative estimate of drug-likeness (QED) is 0.942. The van der Waals surface area contributed by atoms with E-state index < -0.39 is 0 Å². The van der Waals surface area contributed by atoms with Crippen LogP contribution in [0.25, 0.3) is 0 Å². The molecule has 3 rings (SSSR count). The minimum absolute atomic E-state index is 0.168. The molecule has 0 aliphatic carbocycles. The van der Waals surface area contributed by atoms with Crippen molar-refractivity contribution in [2.24, 2.45) is 0 Å². The summed E-state index contributed by atoms with van der Waals surface area (Å²) >= 11 is 0. The molecule has 0 atom stereocenters. The topological polar surface area (TPSA) is 56.1 Å². The lowest BCUT2D eigenvalue weighted by Gasteiger charge is -2.17.